The lowest BCUT2D eigenvalue weighted by molar-refractivity contribution is -0.135. The second-order valence-corrected chi connectivity index (χ2v) is 6.13. The van der Waals surface area contributed by atoms with Crippen molar-refractivity contribution in [1.82, 2.24) is 9.80 Å². The summed E-state index contributed by atoms with van der Waals surface area (Å²) in [6, 6.07) is 10.6. The molecule has 0 N–H and O–H groups in total. The lowest BCUT2D eigenvalue weighted by Gasteiger charge is -2.24. The summed E-state index contributed by atoms with van der Waals surface area (Å²) in [5, 5.41) is 0. The van der Waals surface area contributed by atoms with Crippen LogP contribution in [0.5, 0.6) is 0 Å². The van der Waals surface area contributed by atoms with Gasteiger partial charge in [-0.05, 0) is 18.4 Å². The Morgan fingerprint density at radius 3 is 2.62 bits per heavy atom. The van der Waals surface area contributed by atoms with E-state index >= 15 is 0 Å². The molecule has 1 heterocycles. The summed E-state index contributed by atoms with van der Waals surface area (Å²) in [6.07, 6.45) is 3.17. The van der Waals surface area contributed by atoms with E-state index in [0.717, 1.165) is 52.0 Å². The maximum Gasteiger partial charge on any atom is 0.225 e. The molecule has 0 aliphatic carbocycles. The first-order valence-electron chi connectivity index (χ1n) is 8.25. The number of rotatable bonds is 5. The maximum absolute atomic E-state index is 12.4. The zero-order valence-corrected chi connectivity index (χ0v) is 13.4. The molecule has 0 spiro atoms. The van der Waals surface area contributed by atoms with E-state index in [9.17, 15) is 4.79 Å². The van der Waals surface area contributed by atoms with Crippen molar-refractivity contribution in [3.63, 3.8) is 0 Å². The third kappa shape index (κ3) is 4.85. The Hall–Kier alpha value is -1.35. The fourth-order valence-electron chi connectivity index (χ4n) is 3.06. The lowest BCUT2D eigenvalue weighted by atomic mass is 10.0. The van der Waals surface area contributed by atoms with Crippen LogP contribution in [-0.4, -0.2) is 41.9 Å². The molecule has 0 saturated carbocycles. The van der Waals surface area contributed by atoms with Crippen LogP contribution in [0.1, 0.15) is 38.7 Å². The van der Waals surface area contributed by atoms with Gasteiger partial charge in [0, 0.05) is 38.6 Å². The summed E-state index contributed by atoms with van der Waals surface area (Å²) in [6.45, 7) is 9.07. The van der Waals surface area contributed by atoms with Crippen molar-refractivity contribution >= 4 is 5.91 Å². The fourth-order valence-corrected chi connectivity index (χ4v) is 3.06. The van der Waals surface area contributed by atoms with Gasteiger partial charge < -0.3 is 4.90 Å². The molecule has 1 saturated heterocycles. The van der Waals surface area contributed by atoms with Crippen LogP contribution in [0.2, 0.25) is 0 Å². The molecule has 1 fully saturated rings. The van der Waals surface area contributed by atoms with Gasteiger partial charge in [0.1, 0.15) is 0 Å². The Balaban J connectivity index is 1.85. The Morgan fingerprint density at radius 1 is 1.14 bits per heavy atom. The second kappa shape index (κ2) is 8.18. The zero-order valence-electron chi connectivity index (χ0n) is 13.4. The van der Waals surface area contributed by atoms with Crippen molar-refractivity contribution < 1.29 is 4.79 Å². The summed E-state index contributed by atoms with van der Waals surface area (Å²) >= 11 is 0. The van der Waals surface area contributed by atoms with Crippen molar-refractivity contribution in [3.8, 4) is 0 Å². The highest BCUT2D eigenvalue weighted by molar-refractivity contribution is 5.78. The molecule has 1 aromatic rings. The third-order valence-corrected chi connectivity index (χ3v) is 4.29. The van der Waals surface area contributed by atoms with Gasteiger partial charge in [0.05, 0.1) is 0 Å². The number of carbonyl (C=O) groups is 1. The van der Waals surface area contributed by atoms with Crippen LogP contribution in [0.4, 0.5) is 0 Å². The molecular formula is C18H28N2O. The normalized spacial score (nSPS) is 18.3. The molecule has 2 rings (SSSR count). The Labute approximate surface area is 128 Å². The minimum Gasteiger partial charge on any atom is -0.341 e. The summed E-state index contributed by atoms with van der Waals surface area (Å²) < 4.78 is 0. The average Bonchev–Trinajstić information content (AvgIpc) is 2.73. The van der Waals surface area contributed by atoms with Gasteiger partial charge >= 0.3 is 0 Å². The van der Waals surface area contributed by atoms with E-state index in [0.29, 0.717) is 5.91 Å². The molecule has 1 atom stereocenters. The molecule has 3 heteroatoms. The van der Waals surface area contributed by atoms with Gasteiger partial charge in [-0.1, -0.05) is 50.6 Å². The first-order valence-corrected chi connectivity index (χ1v) is 8.25. The van der Waals surface area contributed by atoms with E-state index in [1.54, 1.807) is 0 Å². The molecule has 0 aromatic heterocycles. The molecule has 1 aliphatic rings. The predicted octanol–water partition coefficient (Wildman–Crippen LogP) is 3.16. The van der Waals surface area contributed by atoms with Crippen molar-refractivity contribution in [1.29, 1.82) is 0 Å². The van der Waals surface area contributed by atoms with Crippen LogP contribution in [0, 0.1) is 5.92 Å². The molecule has 116 valence electrons. The van der Waals surface area contributed by atoms with E-state index in [1.807, 2.05) is 0 Å². The SMILES string of the molecule is CCCC(C)C(=O)N1CCCN(Cc2ccccc2)CC1. The van der Waals surface area contributed by atoms with Gasteiger partial charge in [-0.25, -0.2) is 0 Å². The molecule has 1 unspecified atom stereocenters. The molecule has 0 radical (unpaired) electrons. The van der Waals surface area contributed by atoms with Crippen LogP contribution in [-0.2, 0) is 11.3 Å². The fraction of sp³-hybridized carbons (Fsp3) is 0.611. The first kappa shape index (κ1) is 16.0. The van der Waals surface area contributed by atoms with Gasteiger partial charge in [0.25, 0.3) is 0 Å². The van der Waals surface area contributed by atoms with E-state index < -0.39 is 0 Å². The smallest absolute Gasteiger partial charge is 0.225 e. The molecule has 0 bridgehead atoms. The number of hydrogen-bond acceptors (Lipinski definition) is 2. The third-order valence-electron chi connectivity index (χ3n) is 4.29. The predicted molar refractivity (Wildman–Crippen MR) is 87.0 cm³/mol. The second-order valence-electron chi connectivity index (χ2n) is 6.13. The first-order chi connectivity index (χ1) is 10.2. The van der Waals surface area contributed by atoms with Crippen molar-refractivity contribution in [2.75, 3.05) is 26.2 Å². The highest BCUT2D eigenvalue weighted by Gasteiger charge is 2.22. The Bertz CT molecular complexity index is 432. The summed E-state index contributed by atoms with van der Waals surface area (Å²) in [4.78, 5) is 17.0. The highest BCUT2D eigenvalue weighted by Crippen LogP contribution is 2.13. The number of hydrogen-bond donors (Lipinski definition) is 0. The minimum absolute atomic E-state index is 0.177. The molecule has 21 heavy (non-hydrogen) atoms. The highest BCUT2D eigenvalue weighted by atomic mass is 16.2. The largest absolute Gasteiger partial charge is 0.341 e. The lowest BCUT2D eigenvalue weighted by Crippen LogP contribution is -2.38. The van der Waals surface area contributed by atoms with Gasteiger partial charge in [0.2, 0.25) is 5.91 Å². The van der Waals surface area contributed by atoms with Gasteiger partial charge in [-0.3, -0.25) is 9.69 Å². The summed E-state index contributed by atoms with van der Waals surface area (Å²) in [5.41, 5.74) is 1.36. The van der Waals surface area contributed by atoms with E-state index in [1.165, 1.54) is 5.56 Å². The Kier molecular flexibility index (Phi) is 6.24. The number of carbonyl (C=O) groups excluding carboxylic acids is 1. The number of nitrogens with zero attached hydrogens (tertiary/aromatic N) is 2. The van der Waals surface area contributed by atoms with Gasteiger partial charge in [-0.2, -0.15) is 0 Å². The minimum atomic E-state index is 0.177. The quantitative estimate of drug-likeness (QED) is 0.831. The van der Waals surface area contributed by atoms with E-state index in [2.05, 4.69) is 54.0 Å². The van der Waals surface area contributed by atoms with E-state index in [-0.39, 0.29) is 5.92 Å². The Morgan fingerprint density at radius 2 is 1.90 bits per heavy atom. The van der Waals surface area contributed by atoms with Crippen LogP contribution >= 0.6 is 0 Å². The summed E-state index contributed by atoms with van der Waals surface area (Å²) in [5.74, 6) is 0.522. The van der Waals surface area contributed by atoms with Crippen LogP contribution in [0.15, 0.2) is 30.3 Å². The standard InChI is InChI=1S/C18H28N2O/c1-3-8-16(2)18(21)20-12-7-11-19(13-14-20)15-17-9-5-4-6-10-17/h4-6,9-10,16H,3,7-8,11-15H2,1-2H3. The maximum atomic E-state index is 12.4. The van der Waals surface area contributed by atoms with E-state index in [4.69, 9.17) is 0 Å². The molecule has 1 aliphatic heterocycles. The summed E-state index contributed by atoms with van der Waals surface area (Å²) in [7, 11) is 0. The molecule has 3 nitrogen and oxygen atoms in total. The van der Waals surface area contributed by atoms with Gasteiger partial charge in [-0.15, -0.1) is 0 Å². The number of amides is 1. The average molecular weight is 288 g/mol. The van der Waals surface area contributed by atoms with Gasteiger partial charge in [0.15, 0.2) is 0 Å². The molecule has 1 amide bonds. The van der Waals surface area contributed by atoms with Crippen LogP contribution in [0.25, 0.3) is 0 Å². The number of benzene rings is 1. The molecular weight excluding hydrogens is 260 g/mol. The van der Waals surface area contributed by atoms with Crippen molar-refractivity contribution in [3.05, 3.63) is 35.9 Å². The monoisotopic (exact) mass is 288 g/mol. The van der Waals surface area contributed by atoms with Crippen molar-refractivity contribution in [2.45, 2.75) is 39.7 Å². The topological polar surface area (TPSA) is 23.6 Å². The van der Waals surface area contributed by atoms with Crippen LogP contribution in [0.3, 0.4) is 0 Å². The van der Waals surface area contributed by atoms with Crippen molar-refractivity contribution in [2.24, 2.45) is 5.92 Å². The molecule has 1 aromatic carbocycles. The zero-order chi connectivity index (χ0) is 15.1. The van der Waals surface area contributed by atoms with Crippen LogP contribution < -0.4 is 0 Å².